The summed E-state index contributed by atoms with van der Waals surface area (Å²) in [6.07, 6.45) is 1.34. The summed E-state index contributed by atoms with van der Waals surface area (Å²) in [5.74, 6) is 0.694. The van der Waals surface area contributed by atoms with E-state index in [2.05, 4.69) is 49.3 Å². The normalized spacial score (nSPS) is 15.4. The van der Waals surface area contributed by atoms with Gasteiger partial charge >= 0.3 is 0 Å². The standard InChI is InChI=1S/C10H16.C2H9B3.Rh/c1-6-7(2)9(4)10(5)8(6)3;1-2-4-5-3;/h6H,1-5H3;4-5H,2-3H2,1H3;. The molecule has 0 saturated heterocycles. The van der Waals surface area contributed by atoms with Crippen molar-refractivity contribution in [2.75, 3.05) is 0 Å². The van der Waals surface area contributed by atoms with E-state index in [1.165, 1.54) is 31.7 Å². The van der Waals surface area contributed by atoms with Crippen molar-refractivity contribution < 1.29 is 19.5 Å². The Morgan fingerprint density at radius 3 is 1.50 bits per heavy atom. The molecule has 0 heterocycles. The summed E-state index contributed by atoms with van der Waals surface area (Å²) in [6.45, 7) is 13.4. The maximum atomic E-state index is 2.28. The van der Waals surface area contributed by atoms with E-state index in [0.717, 1.165) is 0 Å². The van der Waals surface area contributed by atoms with Gasteiger partial charge < -0.3 is 0 Å². The van der Waals surface area contributed by atoms with E-state index in [1.807, 2.05) is 0 Å². The van der Waals surface area contributed by atoms with E-state index in [0.29, 0.717) is 5.92 Å². The van der Waals surface area contributed by atoms with Crippen LogP contribution in [-0.2, 0) is 19.5 Å². The zero-order chi connectivity index (χ0) is 12.0. The largest absolute Gasteiger partial charge is 0.0881 e. The molecule has 1 aliphatic carbocycles. The predicted octanol–water partition coefficient (Wildman–Crippen LogP) is 2.07. The Balaban J connectivity index is 0. The second-order valence-corrected chi connectivity index (χ2v) is 4.69. The van der Waals surface area contributed by atoms with Gasteiger partial charge in [0, 0.05) is 19.5 Å². The van der Waals surface area contributed by atoms with Crippen molar-refractivity contribution in [1.29, 1.82) is 0 Å². The third kappa shape index (κ3) is 5.09. The second kappa shape index (κ2) is 9.34. The van der Waals surface area contributed by atoms with E-state index < -0.39 is 0 Å². The Kier molecular flexibility index (Phi) is 10.9. The molecule has 0 atom stereocenters. The average Bonchev–Trinajstić information content (AvgIpc) is 2.39. The van der Waals surface area contributed by atoms with Crippen molar-refractivity contribution in [3.63, 3.8) is 0 Å². The third-order valence-corrected chi connectivity index (χ3v) is 3.75. The van der Waals surface area contributed by atoms with E-state index >= 15 is 0 Å². The van der Waals surface area contributed by atoms with E-state index in [-0.39, 0.29) is 19.5 Å². The maximum Gasteiger partial charge on any atom is 0.0776 e. The monoisotopic (exact) mass is 305 g/mol. The van der Waals surface area contributed by atoms with Crippen LogP contribution in [0.5, 0.6) is 0 Å². The first kappa shape index (κ1) is 18.7. The van der Waals surface area contributed by atoms with Crippen LogP contribution in [0.1, 0.15) is 41.5 Å². The van der Waals surface area contributed by atoms with Crippen molar-refractivity contribution in [3.8, 4) is 0 Å². The maximum absolute atomic E-state index is 2.28. The fraction of sp³-hybridized carbons (Fsp3) is 0.667. The van der Waals surface area contributed by atoms with E-state index in [4.69, 9.17) is 0 Å². The molecule has 0 unspecified atom stereocenters. The third-order valence-electron chi connectivity index (χ3n) is 3.75. The number of hydrogen-bond acceptors (Lipinski definition) is 0. The SMILES string of the molecule is BBBCC.CC1=C(C)C(C)C(C)=C1C.[Rh]. The van der Waals surface area contributed by atoms with Crippen LogP contribution >= 0.6 is 0 Å². The molecule has 0 nitrogen and oxygen atoms in total. The molecule has 0 amide bonds. The Labute approximate surface area is 117 Å². The van der Waals surface area contributed by atoms with Gasteiger partial charge in [-0.1, -0.05) is 31.3 Å². The first-order valence-electron chi connectivity index (χ1n) is 6.32. The second-order valence-electron chi connectivity index (χ2n) is 4.69. The molecule has 0 aromatic rings. The Morgan fingerprint density at radius 2 is 1.44 bits per heavy atom. The van der Waals surface area contributed by atoms with Crippen LogP contribution in [0.15, 0.2) is 22.3 Å². The van der Waals surface area contributed by atoms with Gasteiger partial charge in [-0.25, -0.2) is 0 Å². The molecule has 0 bridgehead atoms. The van der Waals surface area contributed by atoms with Gasteiger partial charge in [-0.3, -0.25) is 0 Å². The van der Waals surface area contributed by atoms with Gasteiger partial charge in [0.05, 0.1) is 22.0 Å². The minimum atomic E-state index is 0. The van der Waals surface area contributed by atoms with Crippen LogP contribution < -0.4 is 0 Å². The molecule has 1 radical (unpaired) electrons. The van der Waals surface area contributed by atoms with Gasteiger partial charge in [-0.2, -0.15) is 0 Å². The van der Waals surface area contributed by atoms with Gasteiger partial charge in [-0.15, -0.1) is 0 Å². The Hall–Kier alpha value is 0.298. The smallest absolute Gasteiger partial charge is 0.0776 e. The molecular weight excluding hydrogens is 279 g/mol. The average molecular weight is 305 g/mol. The fourth-order valence-corrected chi connectivity index (χ4v) is 1.92. The molecule has 0 aromatic carbocycles. The number of allylic oxidation sites excluding steroid dienone is 4. The molecule has 4 heteroatoms. The molecule has 91 valence electrons. The van der Waals surface area contributed by atoms with Gasteiger partial charge in [0.25, 0.3) is 0 Å². The minimum absolute atomic E-state index is 0. The summed E-state index contributed by atoms with van der Waals surface area (Å²) < 4.78 is 0. The van der Waals surface area contributed by atoms with Crippen LogP contribution in [0, 0.1) is 5.92 Å². The predicted molar refractivity (Wildman–Crippen MR) is 79.2 cm³/mol. The Bertz CT molecular complexity index is 243. The molecule has 1 aliphatic rings. The Morgan fingerprint density at radius 1 is 1.06 bits per heavy atom. The van der Waals surface area contributed by atoms with Crippen molar-refractivity contribution >= 4 is 22.0 Å². The van der Waals surface area contributed by atoms with Crippen molar-refractivity contribution in [2.45, 2.75) is 47.9 Å². The van der Waals surface area contributed by atoms with Crippen LogP contribution in [0.25, 0.3) is 0 Å². The van der Waals surface area contributed by atoms with Crippen molar-refractivity contribution in [2.24, 2.45) is 5.92 Å². The fourth-order valence-electron chi connectivity index (χ4n) is 1.92. The van der Waals surface area contributed by atoms with Gasteiger partial charge in [0.1, 0.15) is 0 Å². The quantitative estimate of drug-likeness (QED) is 0.685. The van der Waals surface area contributed by atoms with Gasteiger partial charge in [0.2, 0.25) is 0 Å². The molecule has 0 spiro atoms. The van der Waals surface area contributed by atoms with Gasteiger partial charge in [0.15, 0.2) is 0 Å². The molecule has 16 heavy (non-hydrogen) atoms. The molecule has 1 rings (SSSR count). The topological polar surface area (TPSA) is 0 Å². The number of hydrogen-bond donors (Lipinski definition) is 0. The summed E-state index contributed by atoms with van der Waals surface area (Å²) in [4.78, 5) is 0. The van der Waals surface area contributed by atoms with E-state index in [9.17, 15) is 0 Å². The zero-order valence-corrected chi connectivity index (χ0v) is 13.7. The van der Waals surface area contributed by atoms with Crippen LogP contribution in [0.3, 0.4) is 0 Å². The van der Waals surface area contributed by atoms with E-state index in [1.54, 1.807) is 11.1 Å². The van der Waals surface area contributed by atoms with Crippen LogP contribution in [-0.4, -0.2) is 22.0 Å². The zero-order valence-electron chi connectivity index (χ0n) is 12.0. The summed E-state index contributed by atoms with van der Waals surface area (Å²) >= 11 is 0. The molecule has 0 fully saturated rings. The molecule has 0 saturated carbocycles. The molecule has 0 aromatic heterocycles. The molecular formula is C12H25B3Rh. The van der Waals surface area contributed by atoms with Crippen LogP contribution in [0.2, 0.25) is 6.32 Å². The van der Waals surface area contributed by atoms with Crippen molar-refractivity contribution in [3.05, 3.63) is 22.3 Å². The molecule has 0 N–H and O–H groups in total. The number of rotatable bonds is 2. The van der Waals surface area contributed by atoms with Crippen LogP contribution in [0.4, 0.5) is 0 Å². The first-order chi connectivity index (χ1) is 6.97. The van der Waals surface area contributed by atoms with Gasteiger partial charge in [-0.05, 0) is 44.8 Å². The summed E-state index contributed by atoms with van der Waals surface area (Å²) in [7, 11) is 4.94. The summed E-state index contributed by atoms with van der Waals surface area (Å²) in [5.41, 5.74) is 6.11. The molecule has 0 aliphatic heterocycles. The summed E-state index contributed by atoms with van der Waals surface area (Å²) in [5, 5.41) is 0. The summed E-state index contributed by atoms with van der Waals surface area (Å²) in [6, 6.07) is 0. The van der Waals surface area contributed by atoms with Crippen molar-refractivity contribution in [1.82, 2.24) is 0 Å². The first-order valence-corrected chi connectivity index (χ1v) is 6.32. The minimum Gasteiger partial charge on any atom is -0.0881 e.